The summed E-state index contributed by atoms with van der Waals surface area (Å²) in [6.07, 6.45) is 5.30. The standard InChI is InChI=1S/C26H26N2O3/c1-2-17-16-28-13-11-19(17)14-24(28)25(29)21-10-12-27-23-9-8-20(15-22(21)23)31-26(30)18-6-4-3-5-7-18/h2-10,12,15,17,19,24-25,29H,1,11,13-14,16H2. The number of piperidine rings is 3. The third kappa shape index (κ3) is 3.75. The van der Waals surface area contributed by atoms with Crippen LogP contribution in [0.5, 0.6) is 5.75 Å². The Kier molecular flexibility index (Phi) is 5.30. The van der Waals surface area contributed by atoms with Crippen molar-refractivity contribution in [1.29, 1.82) is 0 Å². The minimum Gasteiger partial charge on any atom is -0.423 e. The number of aliphatic hydroxyl groups excluding tert-OH is 1. The summed E-state index contributed by atoms with van der Waals surface area (Å²) in [4.78, 5) is 19.3. The second-order valence-electron chi connectivity index (χ2n) is 8.53. The molecule has 3 aliphatic rings. The zero-order valence-electron chi connectivity index (χ0n) is 17.4. The molecule has 2 bridgehead atoms. The molecule has 0 aliphatic carbocycles. The topological polar surface area (TPSA) is 62.7 Å². The van der Waals surface area contributed by atoms with Gasteiger partial charge in [-0.2, -0.15) is 0 Å². The maximum atomic E-state index is 12.5. The van der Waals surface area contributed by atoms with Crippen LogP contribution in [0.1, 0.15) is 34.9 Å². The molecule has 158 valence electrons. The molecule has 31 heavy (non-hydrogen) atoms. The van der Waals surface area contributed by atoms with E-state index in [1.54, 1.807) is 36.5 Å². The van der Waals surface area contributed by atoms with Crippen LogP contribution in [0.4, 0.5) is 0 Å². The average Bonchev–Trinajstić information content (AvgIpc) is 2.83. The molecule has 0 saturated carbocycles. The van der Waals surface area contributed by atoms with Crippen molar-refractivity contribution in [3.8, 4) is 5.75 Å². The van der Waals surface area contributed by atoms with E-state index >= 15 is 0 Å². The van der Waals surface area contributed by atoms with Crippen molar-refractivity contribution in [2.45, 2.75) is 25.0 Å². The van der Waals surface area contributed by atoms with Crippen molar-refractivity contribution >= 4 is 16.9 Å². The quantitative estimate of drug-likeness (QED) is 0.381. The predicted molar refractivity (Wildman–Crippen MR) is 120 cm³/mol. The van der Waals surface area contributed by atoms with Crippen LogP contribution in [0.25, 0.3) is 10.9 Å². The van der Waals surface area contributed by atoms with E-state index in [4.69, 9.17) is 4.74 Å². The highest BCUT2D eigenvalue weighted by Crippen LogP contribution is 2.42. The van der Waals surface area contributed by atoms with Crippen molar-refractivity contribution in [2.24, 2.45) is 11.8 Å². The third-order valence-electron chi connectivity index (χ3n) is 6.80. The summed E-state index contributed by atoms with van der Waals surface area (Å²) in [5.41, 5.74) is 2.10. The first kappa shape index (κ1) is 19.9. The van der Waals surface area contributed by atoms with Crippen LogP contribution in [0.15, 0.2) is 73.4 Å². The van der Waals surface area contributed by atoms with E-state index in [9.17, 15) is 9.90 Å². The largest absolute Gasteiger partial charge is 0.423 e. The Labute approximate surface area is 182 Å². The zero-order valence-corrected chi connectivity index (χ0v) is 17.4. The number of fused-ring (bicyclic) bond motifs is 4. The Hall–Kier alpha value is -3.02. The molecular formula is C26H26N2O3. The van der Waals surface area contributed by atoms with Gasteiger partial charge in [-0.05, 0) is 73.2 Å². The summed E-state index contributed by atoms with van der Waals surface area (Å²) >= 11 is 0. The van der Waals surface area contributed by atoms with E-state index in [0.717, 1.165) is 42.4 Å². The number of hydrogen-bond acceptors (Lipinski definition) is 5. The van der Waals surface area contributed by atoms with Gasteiger partial charge in [0, 0.05) is 24.2 Å². The number of carbonyl (C=O) groups excluding carboxylic acids is 1. The number of esters is 1. The number of aliphatic hydroxyl groups is 1. The minimum atomic E-state index is -0.626. The molecule has 1 aromatic heterocycles. The second kappa shape index (κ2) is 8.25. The summed E-state index contributed by atoms with van der Waals surface area (Å²) in [5.74, 6) is 1.13. The van der Waals surface area contributed by atoms with Crippen molar-refractivity contribution in [3.05, 3.63) is 84.6 Å². The van der Waals surface area contributed by atoms with Gasteiger partial charge < -0.3 is 9.84 Å². The Bertz CT molecular complexity index is 1110. The van der Waals surface area contributed by atoms with Gasteiger partial charge in [-0.25, -0.2) is 4.79 Å². The minimum absolute atomic E-state index is 0.0797. The molecule has 6 rings (SSSR count). The lowest BCUT2D eigenvalue weighted by molar-refractivity contribution is -0.0444. The lowest BCUT2D eigenvalue weighted by atomic mass is 9.73. The molecule has 2 aromatic carbocycles. The molecule has 0 spiro atoms. The molecule has 5 atom stereocenters. The van der Waals surface area contributed by atoms with Gasteiger partial charge in [0.25, 0.3) is 0 Å². The molecule has 5 heteroatoms. The number of hydrogen-bond donors (Lipinski definition) is 1. The molecule has 3 aliphatic heterocycles. The van der Waals surface area contributed by atoms with Crippen LogP contribution in [-0.4, -0.2) is 40.1 Å². The molecule has 3 fully saturated rings. The fourth-order valence-corrected chi connectivity index (χ4v) is 5.12. The summed E-state index contributed by atoms with van der Waals surface area (Å²) < 4.78 is 5.60. The number of ether oxygens (including phenoxy) is 1. The number of nitrogens with zero attached hydrogens (tertiary/aromatic N) is 2. The molecule has 5 nitrogen and oxygen atoms in total. The zero-order chi connectivity index (χ0) is 21.4. The first-order valence-corrected chi connectivity index (χ1v) is 10.8. The van der Waals surface area contributed by atoms with Crippen LogP contribution < -0.4 is 4.74 Å². The van der Waals surface area contributed by atoms with Gasteiger partial charge in [-0.3, -0.25) is 9.88 Å². The van der Waals surface area contributed by atoms with E-state index in [0.29, 0.717) is 23.1 Å². The highest BCUT2D eigenvalue weighted by atomic mass is 16.5. The molecule has 0 amide bonds. The Balaban J connectivity index is 1.43. The molecular weight excluding hydrogens is 388 g/mol. The first-order chi connectivity index (χ1) is 15.1. The van der Waals surface area contributed by atoms with E-state index in [-0.39, 0.29) is 6.04 Å². The number of pyridine rings is 1. The van der Waals surface area contributed by atoms with Crippen LogP contribution >= 0.6 is 0 Å². The van der Waals surface area contributed by atoms with Gasteiger partial charge in [-0.1, -0.05) is 24.3 Å². The van der Waals surface area contributed by atoms with Crippen LogP contribution in [0.3, 0.4) is 0 Å². The Morgan fingerprint density at radius 3 is 2.81 bits per heavy atom. The summed E-state index contributed by atoms with van der Waals surface area (Å²) in [5, 5.41) is 12.2. The van der Waals surface area contributed by atoms with Gasteiger partial charge in [-0.15, -0.1) is 6.58 Å². The molecule has 3 aromatic rings. The van der Waals surface area contributed by atoms with Crippen LogP contribution in [-0.2, 0) is 0 Å². The smallest absolute Gasteiger partial charge is 0.343 e. The van der Waals surface area contributed by atoms with Gasteiger partial charge in [0.05, 0.1) is 17.2 Å². The van der Waals surface area contributed by atoms with E-state index in [1.807, 2.05) is 24.3 Å². The van der Waals surface area contributed by atoms with E-state index in [1.165, 1.54) is 0 Å². The molecule has 0 radical (unpaired) electrons. The van der Waals surface area contributed by atoms with Crippen molar-refractivity contribution < 1.29 is 14.6 Å². The Morgan fingerprint density at radius 1 is 1.23 bits per heavy atom. The highest BCUT2D eigenvalue weighted by Gasteiger charge is 2.42. The van der Waals surface area contributed by atoms with Crippen molar-refractivity contribution in [1.82, 2.24) is 9.88 Å². The molecule has 3 saturated heterocycles. The molecule has 4 heterocycles. The first-order valence-electron chi connectivity index (χ1n) is 10.8. The van der Waals surface area contributed by atoms with Crippen molar-refractivity contribution in [3.63, 3.8) is 0 Å². The van der Waals surface area contributed by atoms with Gasteiger partial charge in [0.15, 0.2) is 0 Å². The normalized spacial score (nSPS) is 25.8. The monoisotopic (exact) mass is 414 g/mol. The highest BCUT2D eigenvalue weighted by molar-refractivity contribution is 5.92. The maximum Gasteiger partial charge on any atom is 0.343 e. The Morgan fingerprint density at radius 2 is 2.06 bits per heavy atom. The predicted octanol–water partition coefficient (Wildman–Crippen LogP) is 4.38. The lowest BCUT2D eigenvalue weighted by Crippen LogP contribution is -2.54. The van der Waals surface area contributed by atoms with E-state index in [2.05, 4.69) is 22.5 Å². The number of benzene rings is 2. The number of aromatic nitrogens is 1. The summed E-state index contributed by atoms with van der Waals surface area (Å²) in [6.45, 7) is 5.96. The van der Waals surface area contributed by atoms with Crippen molar-refractivity contribution in [2.75, 3.05) is 13.1 Å². The van der Waals surface area contributed by atoms with Crippen LogP contribution in [0, 0.1) is 11.8 Å². The summed E-state index contributed by atoms with van der Waals surface area (Å²) in [7, 11) is 0. The average molecular weight is 415 g/mol. The van der Waals surface area contributed by atoms with Gasteiger partial charge in [0.2, 0.25) is 0 Å². The fraction of sp³-hybridized carbons (Fsp3) is 0.308. The second-order valence-corrected chi connectivity index (χ2v) is 8.53. The molecule has 1 N–H and O–H groups in total. The van der Waals surface area contributed by atoms with Crippen LogP contribution in [0.2, 0.25) is 0 Å². The maximum absolute atomic E-state index is 12.5. The SMILES string of the molecule is C=CC1CN2CCC1CC2C(O)c1ccnc2ccc(OC(=O)c3ccccc3)cc12. The van der Waals surface area contributed by atoms with Gasteiger partial charge >= 0.3 is 5.97 Å². The number of carbonyl (C=O) groups is 1. The third-order valence-corrected chi connectivity index (χ3v) is 6.80. The van der Waals surface area contributed by atoms with Gasteiger partial charge in [0.1, 0.15) is 5.75 Å². The fourth-order valence-electron chi connectivity index (χ4n) is 5.12. The van der Waals surface area contributed by atoms with E-state index < -0.39 is 12.1 Å². The lowest BCUT2D eigenvalue weighted by Gasteiger charge is -2.50. The summed E-state index contributed by atoms with van der Waals surface area (Å²) in [6, 6.07) is 16.3. The molecule has 5 unspecified atom stereocenters. The number of rotatable bonds is 5.